The Balaban J connectivity index is 1.44. The lowest BCUT2D eigenvalue weighted by Gasteiger charge is -2.10. The predicted octanol–water partition coefficient (Wildman–Crippen LogP) is 5.05. The van der Waals surface area contributed by atoms with Gasteiger partial charge in [0.1, 0.15) is 12.4 Å². The Labute approximate surface area is 170 Å². The smallest absolute Gasteiger partial charge is 0.269 e. The lowest BCUT2D eigenvalue weighted by molar-refractivity contribution is -0.384. The van der Waals surface area contributed by atoms with Crippen LogP contribution in [-0.2, 0) is 12.4 Å². The summed E-state index contributed by atoms with van der Waals surface area (Å²) in [5.41, 5.74) is 1.09. The molecule has 0 radical (unpaired) electrons. The first-order valence-electron chi connectivity index (χ1n) is 8.79. The van der Waals surface area contributed by atoms with Crippen molar-refractivity contribution in [1.29, 1.82) is 0 Å². The van der Waals surface area contributed by atoms with Crippen LogP contribution in [0.4, 0.5) is 5.69 Å². The second-order valence-electron chi connectivity index (χ2n) is 6.43. The van der Waals surface area contributed by atoms with E-state index in [9.17, 15) is 10.1 Å². The van der Waals surface area contributed by atoms with Crippen molar-refractivity contribution in [2.45, 2.75) is 36.4 Å². The molecule has 1 fully saturated rings. The zero-order valence-corrected chi connectivity index (χ0v) is 16.4. The SMILES string of the molecule is O=[N+]([O-])c1ccc(CSc2nnc(COc3ccccc3Cl)n2C2CC2)cc1. The lowest BCUT2D eigenvalue weighted by atomic mass is 10.2. The molecule has 0 N–H and O–H groups in total. The van der Waals surface area contributed by atoms with Crippen molar-refractivity contribution in [2.75, 3.05) is 0 Å². The average molecular weight is 417 g/mol. The van der Waals surface area contributed by atoms with Crippen LogP contribution in [-0.4, -0.2) is 19.7 Å². The van der Waals surface area contributed by atoms with Gasteiger partial charge in [0.15, 0.2) is 11.0 Å². The number of non-ortho nitro benzene ring substituents is 1. The van der Waals surface area contributed by atoms with Crippen molar-refractivity contribution >= 4 is 29.1 Å². The molecule has 0 bridgehead atoms. The first-order valence-corrected chi connectivity index (χ1v) is 10.2. The molecule has 1 aliphatic rings. The highest BCUT2D eigenvalue weighted by atomic mass is 35.5. The van der Waals surface area contributed by atoms with Crippen LogP contribution < -0.4 is 4.74 Å². The molecule has 2 aromatic carbocycles. The van der Waals surface area contributed by atoms with Crippen LogP contribution in [0.2, 0.25) is 5.02 Å². The van der Waals surface area contributed by atoms with Crippen LogP contribution in [0, 0.1) is 10.1 Å². The molecule has 0 aliphatic heterocycles. The van der Waals surface area contributed by atoms with Gasteiger partial charge in [-0.3, -0.25) is 14.7 Å². The van der Waals surface area contributed by atoms with Crippen LogP contribution in [0.3, 0.4) is 0 Å². The van der Waals surface area contributed by atoms with Crippen LogP contribution in [0.25, 0.3) is 0 Å². The quantitative estimate of drug-likeness (QED) is 0.290. The van der Waals surface area contributed by atoms with Gasteiger partial charge in [0.25, 0.3) is 5.69 Å². The molecule has 0 atom stereocenters. The van der Waals surface area contributed by atoms with Gasteiger partial charge in [-0.15, -0.1) is 10.2 Å². The molecule has 28 heavy (non-hydrogen) atoms. The molecule has 0 unspecified atom stereocenters. The largest absolute Gasteiger partial charge is 0.484 e. The van der Waals surface area contributed by atoms with Crippen molar-refractivity contribution in [3.63, 3.8) is 0 Å². The van der Waals surface area contributed by atoms with E-state index in [1.165, 1.54) is 12.1 Å². The van der Waals surface area contributed by atoms with Gasteiger partial charge in [-0.1, -0.05) is 47.6 Å². The van der Waals surface area contributed by atoms with Crippen molar-refractivity contribution in [3.8, 4) is 5.75 Å². The highest BCUT2D eigenvalue weighted by Gasteiger charge is 2.29. The zero-order chi connectivity index (χ0) is 19.5. The molecule has 1 aromatic heterocycles. The van der Waals surface area contributed by atoms with Gasteiger partial charge in [-0.05, 0) is 30.5 Å². The minimum absolute atomic E-state index is 0.0916. The van der Waals surface area contributed by atoms with Crippen molar-refractivity contribution in [1.82, 2.24) is 14.8 Å². The van der Waals surface area contributed by atoms with E-state index >= 15 is 0 Å². The monoisotopic (exact) mass is 416 g/mol. The van der Waals surface area contributed by atoms with Gasteiger partial charge in [-0.2, -0.15) is 0 Å². The molecule has 0 spiro atoms. The predicted molar refractivity (Wildman–Crippen MR) is 107 cm³/mol. The molecule has 7 nitrogen and oxygen atoms in total. The maximum absolute atomic E-state index is 10.8. The Morgan fingerprint density at radius 2 is 1.93 bits per heavy atom. The highest BCUT2D eigenvalue weighted by molar-refractivity contribution is 7.98. The van der Waals surface area contributed by atoms with Gasteiger partial charge in [0, 0.05) is 23.9 Å². The molecule has 1 aliphatic carbocycles. The van der Waals surface area contributed by atoms with E-state index in [0.29, 0.717) is 29.2 Å². The van der Waals surface area contributed by atoms with Gasteiger partial charge in [0.2, 0.25) is 0 Å². The van der Waals surface area contributed by atoms with E-state index in [1.807, 2.05) is 18.2 Å². The Hall–Kier alpha value is -2.58. The molecule has 3 aromatic rings. The first kappa shape index (κ1) is 18.8. The van der Waals surface area contributed by atoms with E-state index in [-0.39, 0.29) is 5.69 Å². The maximum atomic E-state index is 10.8. The van der Waals surface area contributed by atoms with Gasteiger partial charge in [-0.25, -0.2) is 0 Å². The lowest BCUT2D eigenvalue weighted by Crippen LogP contribution is -2.07. The number of nitro benzene ring substituents is 1. The summed E-state index contributed by atoms with van der Waals surface area (Å²) in [6.07, 6.45) is 2.20. The fraction of sp³-hybridized carbons (Fsp3) is 0.263. The van der Waals surface area contributed by atoms with Crippen molar-refractivity contribution in [2.24, 2.45) is 0 Å². The van der Waals surface area contributed by atoms with Crippen LogP contribution in [0.5, 0.6) is 5.75 Å². The Morgan fingerprint density at radius 3 is 2.61 bits per heavy atom. The maximum Gasteiger partial charge on any atom is 0.269 e. The molecule has 0 amide bonds. The Kier molecular flexibility index (Phi) is 5.50. The fourth-order valence-corrected chi connectivity index (χ4v) is 3.94. The van der Waals surface area contributed by atoms with Crippen LogP contribution in [0.1, 0.15) is 30.3 Å². The molecular formula is C19H17ClN4O3S. The Morgan fingerprint density at radius 1 is 1.18 bits per heavy atom. The number of thioether (sulfide) groups is 1. The molecule has 0 saturated heterocycles. The summed E-state index contributed by atoms with van der Waals surface area (Å²) in [7, 11) is 0. The summed E-state index contributed by atoms with van der Waals surface area (Å²) in [6, 6.07) is 14.3. The molecule has 4 rings (SSSR count). The van der Waals surface area contributed by atoms with Crippen LogP contribution in [0.15, 0.2) is 53.7 Å². The van der Waals surface area contributed by atoms with E-state index in [0.717, 1.165) is 29.4 Å². The third-order valence-electron chi connectivity index (χ3n) is 4.36. The number of ether oxygens (including phenoxy) is 1. The highest BCUT2D eigenvalue weighted by Crippen LogP contribution is 2.39. The van der Waals surface area contributed by atoms with Crippen LogP contribution >= 0.6 is 23.4 Å². The number of para-hydroxylation sites is 1. The first-order chi connectivity index (χ1) is 13.6. The minimum atomic E-state index is -0.397. The summed E-state index contributed by atoms with van der Waals surface area (Å²) in [6.45, 7) is 0.297. The number of benzene rings is 2. The molecule has 144 valence electrons. The molecule has 1 saturated carbocycles. The number of nitro groups is 1. The standard InChI is InChI=1S/C19H17ClN4O3S/c20-16-3-1-2-4-17(16)27-11-18-21-22-19(23(18)14-9-10-14)28-12-13-5-7-15(8-6-13)24(25)26/h1-8,14H,9-12H2. The van der Waals surface area contributed by atoms with E-state index in [4.69, 9.17) is 16.3 Å². The Bertz CT molecular complexity index is 989. The second-order valence-corrected chi connectivity index (χ2v) is 7.78. The summed E-state index contributed by atoms with van der Waals surface area (Å²) < 4.78 is 7.96. The van der Waals surface area contributed by atoms with Crippen molar-refractivity contribution < 1.29 is 9.66 Å². The van der Waals surface area contributed by atoms with E-state index < -0.39 is 4.92 Å². The summed E-state index contributed by atoms with van der Waals surface area (Å²) in [4.78, 5) is 10.4. The number of rotatable bonds is 8. The fourth-order valence-electron chi connectivity index (χ4n) is 2.77. The third kappa shape index (κ3) is 4.28. The van der Waals surface area contributed by atoms with Gasteiger partial charge in [0.05, 0.1) is 9.95 Å². The second kappa shape index (κ2) is 8.20. The number of nitrogens with zero attached hydrogens (tertiary/aromatic N) is 4. The summed E-state index contributed by atoms with van der Waals surface area (Å²) in [5.74, 6) is 2.05. The zero-order valence-electron chi connectivity index (χ0n) is 14.8. The topological polar surface area (TPSA) is 83.1 Å². The minimum Gasteiger partial charge on any atom is -0.484 e. The molecule has 1 heterocycles. The number of hydrogen-bond donors (Lipinski definition) is 0. The van der Waals surface area contributed by atoms with Gasteiger partial charge >= 0.3 is 0 Å². The number of aromatic nitrogens is 3. The normalized spacial score (nSPS) is 13.5. The summed E-state index contributed by atoms with van der Waals surface area (Å²) >= 11 is 7.71. The van der Waals surface area contributed by atoms with Gasteiger partial charge < -0.3 is 4.74 Å². The number of halogens is 1. The number of hydrogen-bond acceptors (Lipinski definition) is 6. The molecular weight excluding hydrogens is 400 g/mol. The van der Waals surface area contributed by atoms with E-state index in [1.54, 1.807) is 30.0 Å². The molecule has 9 heteroatoms. The summed E-state index contributed by atoms with van der Waals surface area (Å²) in [5, 5.41) is 20.8. The average Bonchev–Trinajstić information content (AvgIpc) is 3.46. The van der Waals surface area contributed by atoms with E-state index in [2.05, 4.69) is 14.8 Å². The van der Waals surface area contributed by atoms with Crippen molar-refractivity contribution in [3.05, 3.63) is 75.1 Å². The third-order valence-corrected chi connectivity index (χ3v) is 5.68.